The average molecular weight is 520 g/mol. The van der Waals surface area contributed by atoms with Gasteiger partial charge < -0.3 is 14.4 Å². The first-order valence-electron chi connectivity index (χ1n) is 13.2. The third-order valence-electron chi connectivity index (χ3n) is 7.65. The summed E-state index contributed by atoms with van der Waals surface area (Å²) in [6.07, 6.45) is 4.38. The molecule has 0 atom stereocenters. The van der Waals surface area contributed by atoms with Crippen LogP contribution in [0, 0.1) is 13.8 Å². The molecule has 5 rings (SSSR count). The molecule has 6 heteroatoms. The molecule has 1 aliphatic heterocycles. The maximum atomic E-state index is 13.4. The number of halogens is 1. The zero-order valence-electron chi connectivity index (χ0n) is 22.1. The van der Waals surface area contributed by atoms with Crippen LogP contribution < -0.4 is 9.47 Å². The molecule has 0 aromatic heterocycles. The second kappa shape index (κ2) is 10.4. The number of Topliss-reactive ketones (excluding diaryl/α,β-unsaturated/α-hetero) is 2. The number of carbonyl (C=O) groups excluding carboxylic acids is 2. The first kappa shape index (κ1) is 25.6. The van der Waals surface area contributed by atoms with E-state index in [1.54, 1.807) is 7.11 Å². The minimum atomic E-state index is -0.423. The van der Waals surface area contributed by atoms with Crippen LogP contribution in [0.5, 0.6) is 11.5 Å². The van der Waals surface area contributed by atoms with E-state index in [-0.39, 0.29) is 11.6 Å². The quantitative estimate of drug-likeness (QED) is 0.412. The smallest absolute Gasteiger partial charge is 0.180 e. The highest BCUT2D eigenvalue weighted by Gasteiger charge is 2.43. The van der Waals surface area contributed by atoms with Crippen LogP contribution in [0.1, 0.15) is 73.6 Å². The molecule has 194 valence electrons. The Morgan fingerprint density at radius 1 is 0.892 bits per heavy atom. The highest BCUT2D eigenvalue weighted by molar-refractivity contribution is 6.32. The van der Waals surface area contributed by atoms with Gasteiger partial charge in [-0.2, -0.15) is 0 Å². The summed E-state index contributed by atoms with van der Waals surface area (Å²) in [5, 5.41) is 0.410. The number of ether oxygens (including phenoxy) is 2. The monoisotopic (exact) mass is 519 g/mol. The Kier molecular flexibility index (Phi) is 7.17. The molecule has 1 heterocycles. The summed E-state index contributed by atoms with van der Waals surface area (Å²) in [6, 6.07) is 10.1. The summed E-state index contributed by atoms with van der Waals surface area (Å²) in [4.78, 5) is 29.0. The Balaban J connectivity index is 1.59. The second-order valence-electron chi connectivity index (χ2n) is 10.3. The maximum absolute atomic E-state index is 13.4. The second-order valence-corrected chi connectivity index (χ2v) is 10.7. The molecule has 2 aliphatic carbocycles. The highest BCUT2D eigenvalue weighted by Crippen LogP contribution is 2.51. The Morgan fingerprint density at radius 2 is 1.49 bits per heavy atom. The van der Waals surface area contributed by atoms with Crippen molar-refractivity contribution in [3.05, 3.63) is 80.1 Å². The fraction of sp³-hybridized carbons (Fsp3) is 0.419. The lowest BCUT2D eigenvalue weighted by Crippen LogP contribution is -2.39. The summed E-state index contributed by atoms with van der Waals surface area (Å²) in [6.45, 7) is 7.32. The van der Waals surface area contributed by atoms with Crippen molar-refractivity contribution in [2.75, 3.05) is 13.7 Å². The zero-order valence-corrected chi connectivity index (χ0v) is 22.8. The van der Waals surface area contributed by atoms with Crippen molar-refractivity contribution >= 4 is 23.2 Å². The molecule has 0 spiro atoms. The summed E-state index contributed by atoms with van der Waals surface area (Å²) in [7, 11) is 1.59. The van der Waals surface area contributed by atoms with Gasteiger partial charge in [-0.15, -0.1) is 0 Å². The molecule has 37 heavy (non-hydrogen) atoms. The molecule has 0 fully saturated rings. The number of nitrogens with zero attached hydrogens (tertiary/aromatic N) is 1. The minimum absolute atomic E-state index is 0.125. The van der Waals surface area contributed by atoms with Gasteiger partial charge in [-0.25, -0.2) is 0 Å². The van der Waals surface area contributed by atoms with Gasteiger partial charge in [0.25, 0.3) is 0 Å². The van der Waals surface area contributed by atoms with E-state index in [1.807, 2.05) is 12.1 Å². The summed E-state index contributed by atoms with van der Waals surface area (Å²) >= 11 is 6.82. The van der Waals surface area contributed by atoms with Crippen molar-refractivity contribution < 1.29 is 19.1 Å². The van der Waals surface area contributed by atoms with E-state index in [1.165, 1.54) is 11.1 Å². The SMILES string of the molecule is CCN1C2=C(C(=O)CCC2)C(c2cc(Cl)c(OCc3cc(C)cc(C)c3)c(OC)c2)C2=C1CCCC2=O. The van der Waals surface area contributed by atoms with Crippen molar-refractivity contribution in [1.29, 1.82) is 0 Å². The van der Waals surface area contributed by atoms with Gasteiger partial charge >= 0.3 is 0 Å². The zero-order chi connectivity index (χ0) is 26.3. The van der Waals surface area contributed by atoms with Gasteiger partial charge in [-0.05, 0) is 69.7 Å². The lowest BCUT2D eigenvalue weighted by Gasteiger charge is -2.43. The van der Waals surface area contributed by atoms with Crippen LogP contribution in [0.2, 0.25) is 5.02 Å². The standard InChI is InChI=1S/C31H34ClNO4/c1-5-33-23-8-6-10-25(34)29(23)28(30-24(33)9-7-11-26(30)35)21-15-22(32)31(27(16-21)36-4)37-17-20-13-18(2)12-19(3)14-20/h12-16,28H,5-11,17H2,1-4H3. The Hall–Kier alpha value is -3.05. The molecule has 2 aromatic carbocycles. The number of benzene rings is 2. The largest absolute Gasteiger partial charge is 0.493 e. The summed E-state index contributed by atoms with van der Waals surface area (Å²) in [5.74, 6) is 0.792. The van der Waals surface area contributed by atoms with Crippen molar-refractivity contribution in [1.82, 2.24) is 4.90 Å². The van der Waals surface area contributed by atoms with Crippen LogP contribution >= 0.6 is 11.6 Å². The molecular weight excluding hydrogens is 486 g/mol. The Morgan fingerprint density at radius 3 is 2.03 bits per heavy atom. The lowest BCUT2D eigenvalue weighted by molar-refractivity contribution is -0.117. The van der Waals surface area contributed by atoms with Crippen LogP contribution in [-0.2, 0) is 16.2 Å². The van der Waals surface area contributed by atoms with E-state index in [4.69, 9.17) is 21.1 Å². The van der Waals surface area contributed by atoms with Crippen LogP contribution in [0.15, 0.2) is 52.9 Å². The topological polar surface area (TPSA) is 55.8 Å². The summed E-state index contributed by atoms with van der Waals surface area (Å²) in [5.41, 5.74) is 7.86. The number of allylic oxidation sites excluding steroid dienone is 4. The summed E-state index contributed by atoms with van der Waals surface area (Å²) < 4.78 is 11.9. The lowest BCUT2D eigenvalue weighted by atomic mass is 9.71. The highest BCUT2D eigenvalue weighted by atomic mass is 35.5. The maximum Gasteiger partial charge on any atom is 0.180 e. The number of methoxy groups -OCH3 is 1. The van der Waals surface area contributed by atoms with Gasteiger partial charge in [-0.1, -0.05) is 40.9 Å². The molecule has 0 radical (unpaired) electrons. The minimum Gasteiger partial charge on any atom is -0.493 e. The van der Waals surface area contributed by atoms with Gasteiger partial charge in [0, 0.05) is 47.8 Å². The van der Waals surface area contributed by atoms with Gasteiger partial charge in [0.1, 0.15) is 6.61 Å². The van der Waals surface area contributed by atoms with Crippen molar-refractivity contribution in [2.24, 2.45) is 0 Å². The predicted octanol–water partition coefficient (Wildman–Crippen LogP) is 6.98. The average Bonchev–Trinajstić information content (AvgIpc) is 2.86. The Labute approximate surface area is 224 Å². The fourth-order valence-corrected chi connectivity index (χ4v) is 6.56. The van der Waals surface area contributed by atoms with Gasteiger partial charge in [0.05, 0.1) is 12.1 Å². The third kappa shape index (κ3) is 4.70. The molecule has 5 nitrogen and oxygen atoms in total. The molecule has 0 N–H and O–H groups in total. The van der Waals surface area contributed by atoms with E-state index in [0.29, 0.717) is 36.0 Å². The number of ketones is 2. The van der Waals surface area contributed by atoms with Gasteiger partial charge in [0.15, 0.2) is 23.1 Å². The molecule has 0 saturated heterocycles. The normalized spacial score (nSPS) is 18.2. The fourth-order valence-electron chi connectivity index (χ4n) is 6.29. The van der Waals surface area contributed by atoms with Crippen LogP contribution in [0.25, 0.3) is 0 Å². The Bertz CT molecular complexity index is 1270. The van der Waals surface area contributed by atoms with E-state index >= 15 is 0 Å². The van der Waals surface area contributed by atoms with E-state index in [0.717, 1.165) is 65.9 Å². The van der Waals surface area contributed by atoms with E-state index in [2.05, 4.69) is 43.9 Å². The van der Waals surface area contributed by atoms with E-state index < -0.39 is 5.92 Å². The first-order chi connectivity index (χ1) is 17.8. The van der Waals surface area contributed by atoms with Crippen molar-refractivity contribution in [3.8, 4) is 11.5 Å². The van der Waals surface area contributed by atoms with Crippen molar-refractivity contribution in [2.45, 2.75) is 71.8 Å². The molecule has 3 aliphatic rings. The molecular formula is C31H34ClNO4. The van der Waals surface area contributed by atoms with E-state index in [9.17, 15) is 9.59 Å². The number of hydrogen-bond acceptors (Lipinski definition) is 5. The number of hydrogen-bond donors (Lipinski definition) is 0. The number of carbonyl (C=O) groups is 2. The molecule has 0 unspecified atom stereocenters. The first-order valence-corrected chi connectivity index (χ1v) is 13.6. The van der Waals surface area contributed by atoms with Crippen LogP contribution in [0.4, 0.5) is 0 Å². The molecule has 0 saturated carbocycles. The van der Waals surface area contributed by atoms with Crippen LogP contribution in [-0.4, -0.2) is 30.1 Å². The number of rotatable bonds is 6. The van der Waals surface area contributed by atoms with Crippen molar-refractivity contribution in [3.63, 3.8) is 0 Å². The molecule has 0 amide bonds. The van der Waals surface area contributed by atoms with Crippen LogP contribution in [0.3, 0.4) is 0 Å². The predicted molar refractivity (Wildman–Crippen MR) is 145 cm³/mol. The molecule has 2 aromatic rings. The van der Waals surface area contributed by atoms with Gasteiger partial charge in [-0.3, -0.25) is 9.59 Å². The third-order valence-corrected chi connectivity index (χ3v) is 7.93. The molecule has 0 bridgehead atoms. The number of aryl methyl sites for hydroxylation is 2. The van der Waals surface area contributed by atoms with Gasteiger partial charge in [0.2, 0.25) is 0 Å².